The Bertz CT molecular complexity index is 569. The normalized spacial score (nSPS) is 12.9. The van der Waals surface area contributed by atoms with Crippen LogP contribution in [0.3, 0.4) is 0 Å². The largest absolute Gasteiger partial charge is 0.466 e. The van der Waals surface area contributed by atoms with Crippen molar-refractivity contribution in [2.24, 2.45) is 5.41 Å². The monoisotopic (exact) mass is 440 g/mol. The molecule has 0 radical (unpaired) electrons. The maximum absolute atomic E-state index is 12.9. The minimum atomic E-state index is -2.07. The smallest absolute Gasteiger partial charge is 0.309 e. The molecule has 0 rings (SSSR count). The van der Waals surface area contributed by atoms with Crippen LogP contribution >= 0.6 is 0 Å². The Hall–Kier alpha value is -1.27. The number of Topliss-reactive ketones (excluding diaryl/α,β-unsaturated/α-hetero) is 1. The highest BCUT2D eigenvalue weighted by atomic mass is 28.4. The molecule has 0 bridgehead atoms. The fourth-order valence-corrected chi connectivity index (χ4v) is 9.70. The minimum absolute atomic E-state index is 0.0374. The van der Waals surface area contributed by atoms with E-state index in [1.54, 1.807) is 13.0 Å². The number of hydrogen-bond acceptors (Lipinski definition) is 5. The summed E-state index contributed by atoms with van der Waals surface area (Å²) in [6, 6.07) is 0. The lowest BCUT2D eigenvalue weighted by Gasteiger charge is -2.42. The lowest BCUT2D eigenvalue weighted by Crippen LogP contribution is -2.49. The van der Waals surface area contributed by atoms with Crippen LogP contribution in [0.15, 0.2) is 12.2 Å². The number of esters is 1. The number of ketones is 2. The van der Waals surface area contributed by atoms with Crippen LogP contribution in [0.25, 0.3) is 0 Å². The van der Waals surface area contributed by atoms with Gasteiger partial charge in [-0.2, -0.15) is 0 Å². The summed E-state index contributed by atoms with van der Waals surface area (Å²) < 4.78 is 11.3. The molecule has 0 atom stereocenters. The van der Waals surface area contributed by atoms with Gasteiger partial charge in [0, 0.05) is 11.8 Å². The average Bonchev–Trinajstić information content (AvgIpc) is 2.61. The summed E-state index contributed by atoms with van der Waals surface area (Å²) in [4.78, 5) is 36.2. The molecular weight excluding hydrogens is 396 g/mol. The minimum Gasteiger partial charge on any atom is -0.466 e. The summed E-state index contributed by atoms with van der Waals surface area (Å²) in [6.45, 7) is 19.4. The maximum atomic E-state index is 12.9. The molecule has 0 aliphatic carbocycles. The third-order valence-corrected chi connectivity index (χ3v) is 12.1. The Morgan fingerprint density at radius 2 is 1.50 bits per heavy atom. The van der Waals surface area contributed by atoms with Crippen molar-refractivity contribution in [3.63, 3.8) is 0 Å². The highest BCUT2D eigenvalue weighted by Gasteiger charge is 2.46. The van der Waals surface area contributed by atoms with Crippen LogP contribution in [0.1, 0.15) is 88.0 Å². The van der Waals surface area contributed by atoms with E-state index in [0.29, 0.717) is 42.5 Å². The third-order valence-electron chi connectivity index (χ3n) is 6.03. The Kier molecular flexibility index (Phi) is 12.6. The molecule has 0 N–H and O–H groups in total. The van der Waals surface area contributed by atoms with E-state index in [1.165, 1.54) is 6.08 Å². The Morgan fingerprint density at radius 1 is 0.967 bits per heavy atom. The molecule has 0 spiro atoms. The van der Waals surface area contributed by atoms with Gasteiger partial charge >= 0.3 is 5.97 Å². The first-order valence-electron chi connectivity index (χ1n) is 11.3. The van der Waals surface area contributed by atoms with E-state index in [4.69, 9.17) is 9.16 Å². The molecule has 0 aromatic heterocycles. The second kappa shape index (κ2) is 13.2. The van der Waals surface area contributed by atoms with Crippen molar-refractivity contribution in [1.82, 2.24) is 0 Å². The molecule has 0 aromatic carbocycles. The quantitative estimate of drug-likeness (QED) is 0.177. The van der Waals surface area contributed by atoms with E-state index in [1.807, 2.05) is 13.8 Å². The van der Waals surface area contributed by atoms with Crippen LogP contribution < -0.4 is 0 Å². The average molecular weight is 441 g/mol. The molecule has 0 unspecified atom stereocenters. The number of hydrogen-bond donors (Lipinski definition) is 0. The van der Waals surface area contributed by atoms with Crippen molar-refractivity contribution in [2.45, 2.75) is 105 Å². The van der Waals surface area contributed by atoms with E-state index in [9.17, 15) is 14.4 Å². The molecule has 0 aliphatic rings. The molecule has 30 heavy (non-hydrogen) atoms. The number of carbonyl (C=O) groups is 3. The molecule has 5 nitrogen and oxygen atoms in total. The molecule has 0 aromatic rings. The summed E-state index contributed by atoms with van der Waals surface area (Å²) in [6.07, 6.45) is 4.70. The summed E-state index contributed by atoms with van der Waals surface area (Å²) in [5, 5.41) is 0. The van der Waals surface area contributed by atoms with Crippen LogP contribution in [0.5, 0.6) is 0 Å². The van der Waals surface area contributed by atoms with Gasteiger partial charge in [-0.1, -0.05) is 61.5 Å². The predicted molar refractivity (Wildman–Crippen MR) is 125 cm³/mol. The van der Waals surface area contributed by atoms with E-state index >= 15 is 0 Å². The fourth-order valence-electron chi connectivity index (χ4n) is 4.32. The van der Waals surface area contributed by atoms with Gasteiger partial charge in [0.05, 0.1) is 19.6 Å². The summed E-state index contributed by atoms with van der Waals surface area (Å²) >= 11 is 0. The maximum Gasteiger partial charge on any atom is 0.309 e. The molecule has 0 aliphatic heterocycles. The molecule has 0 saturated carbocycles. The van der Waals surface area contributed by atoms with Crippen molar-refractivity contribution in [2.75, 3.05) is 13.2 Å². The van der Waals surface area contributed by atoms with Crippen LogP contribution in [0.4, 0.5) is 0 Å². The number of rotatable bonds is 15. The Morgan fingerprint density at radius 3 is 1.97 bits per heavy atom. The predicted octanol–water partition coefficient (Wildman–Crippen LogP) is 6.02. The molecular formula is C24H44O5Si. The standard InChI is InChI=1S/C24H44O5Si/c1-10-28-23(27)15-11-13-21(25)14-12-16-24(8,9)22(26)17-29-30(18(2)3,19(4)5)20(6)7/h11,13,18-20H,10,12,14-17H2,1-9H3/b13-11+. The first-order valence-corrected chi connectivity index (χ1v) is 13.5. The third kappa shape index (κ3) is 8.84. The van der Waals surface area contributed by atoms with Gasteiger partial charge in [-0.3, -0.25) is 14.4 Å². The van der Waals surface area contributed by atoms with E-state index < -0.39 is 13.7 Å². The summed E-state index contributed by atoms with van der Waals surface area (Å²) in [5.74, 6) is -0.270. The zero-order chi connectivity index (χ0) is 23.5. The number of allylic oxidation sites excluding steroid dienone is 1. The molecule has 174 valence electrons. The van der Waals surface area contributed by atoms with Crippen LogP contribution in [-0.2, 0) is 23.5 Å². The molecule has 6 heteroatoms. The van der Waals surface area contributed by atoms with Crippen LogP contribution in [0.2, 0.25) is 16.6 Å². The van der Waals surface area contributed by atoms with Crippen molar-refractivity contribution in [1.29, 1.82) is 0 Å². The SMILES string of the molecule is CCOC(=O)C/C=C/C(=O)CCCC(C)(C)C(=O)CO[Si](C(C)C)(C(C)C)C(C)C. The summed E-state index contributed by atoms with van der Waals surface area (Å²) in [5.41, 5.74) is 0.785. The first kappa shape index (κ1) is 28.7. The zero-order valence-electron chi connectivity index (χ0n) is 20.7. The van der Waals surface area contributed by atoms with Gasteiger partial charge < -0.3 is 9.16 Å². The Labute approximate surface area is 185 Å². The van der Waals surface area contributed by atoms with Crippen LogP contribution in [-0.4, -0.2) is 39.1 Å². The zero-order valence-corrected chi connectivity index (χ0v) is 21.7. The van der Waals surface area contributed by atoms with Gasteiger partial charge in [-0.15, -0.1) is 0 Å². The second-order valence-electron chi connectivity index (χ2n) is 9.64. The van der Waals surface area contributed by atoms with Crippen molar-refractivity contribution >= 4 is 25.9 Å². The van der Waals surface area contributed by atoms with Crippen molar-refractivity contribution < 1.29 is 23.5 Å². The molecule has 0 saturated heterocycles. The van der Waals surface area contributed by atoms with Gasteiger partial charge in [0.1, 0.15) is 0 Å². The first-order chi connectivity index (χ1) is 13.8. The molecule has 0 heterocycles. The molecule has 0 fully saturated rings. The topological polar surface area (TPSA) is 69.7 Å². The Balaban J connectivity index is 4.68. The molecule has 0 amide bonds. The van der Waals surface area contributed by atoms with E-state index in [2.05, 4.69) is 41.5 Å². The highest BCUT2D eigenvalue weighted by molar-refractivity contribution is 6.77. The van der Waals surface area contributed by atoms with Gasteiger partial charge in [0.15, 0.2) is 11.6 Å². The van der Waals surface area contributed by atoms with Crippen molar-refractivity contribution in [3.05, 3.63) is 12.2 Å². The fraction of sp³-hybridized carbons (Fsp3) is 0.792. The lowest BCUT2D eigenvalue weighted by molar-refractivity contribution is -0.142. The summed E-state index contributed by atoms with van der Waals surface area (Å²) in [7, 11) is -2.07. The van der Waals surface area contributed by atoms with Gasteiger partial charge in [-0.05, 0) is 42.5 Å². The van der Waals surface area contributed by atoms with E-state index in [0.717, 1.165) is 0 Å². The van der Waals surface area contributed by atoms with E-state index in [-0.39, 0.29) is 30.6 Å². The number of carbonyl (C=O) groups excluding carboxylic acids is 3. The second-order valence-corrected chi connectivity index (χ2v) is 15.1. The van der Waals surface area contributed by atoms with Crippen molar-refractivity contribution in [3.8, 4) is 0 Å². The van der Waals surface area contributed by atoms with Gasteiger partial charge in [0.2, 0.25) is 8.32 Å². The lowest BCUT2D eigenvalue weighted by atomic mass is 9.83. The van der Waals surface area contributed by atoms with Gasteiger partial charge in [0.25, 0.3) is 0 Å². The van der Waals surface area contributed by atoms with Crippen LogP contribution in [0, 0.1) is 5.41 Å². The van der Waals surface area contributed by atoms with Gasteiger partial charge in [-0.25, -0.2) is 0 Å². The number of ether oxygens (including phenoxy) is 1. The highest BCUT2D eigenvalue weighted by Crippen LogP contribution is 2.42.